The fraction of sp³-hybridized carbons (Fsp3) is 0.333. The van der Waals surface area contributed by atoms with Gasteiger partial charge in [-0.25, -0.2) is 0 Å². The molecule has 1 aromatic rings. The van der Waals surface area contributed by atoms with Gasteiger partial charge < -0.3 is 10.5 Å². The molecule has 1 aliphatic heterocycles. The predicted octanol–water partition coefficient (Wildman–Crippen LogP) is 3.06. The molecular weight excluding hydrogens is 254 g/mol. The summed E-state index contributed by atoms with van der Waals surface area (Å²) >= 11 is 3.44. The average Bonchev–Trinajstić information content (AvgIpc) is 2.69. The summed E-state index contributed by atoms with van der Waals surface area (Å²) in [6, 6.07) is 6.01. The van der Waals surface area contributed by atoms with Crippen molar-refractivity contribution in [3.63, 3.8) is 0 Å². The van der Waals surface area contributed by atoms with Crippen LogP contribution in [-0.4, -0.2) is 6.61 Å². The summed E-state index contributed by atoms with van der Waals surface area (Å²) in [5.41, 5.74) is 8.46. The van der Waals surface area contributed by atoms with E-state index >= 15 is 0 Å². The molecule has 0 amide bonds. The van der Waals surface area contributed by atoms with Crippen LogP contribution in [0.25, 0.3) is 0 Å². The number of hydrogen-bond donors (Lipinski definition) is 1. The van der Waals surface area contributed by atoms with Crippen LogP contribution in [-0.2, 0) is 4.74 Å². The molecule has 0 spiro atoms. The van der Waals surface area contributed by atoms with Crippen LogP contribution in [0, 0.1) is 6.92 Å². The molecule has 3 heteroatoms. The summed E-state index contributed by atoms with van der Waals surface area (Å²) in [7, 11) is 0. The van der Waals surface area contributed by atoms with Gasteiger partial charge in [0, 0.05) is 10.9 Å². The quantitative estimate of drug-likeness (QED) is 0.894. The van der Waals surface area contributed by atoms with E-state index in [1.807, 2.05) is 12.1 Å². The van der Waals surface area contributed by atoms with Crippen LogP contribution in [0.15, 0.2) is 34.5 Å². The van der Waals surface area contributed by atoms with Gasteiger partial charge in [-0.15, -0.1) is 0 Å². The average molecular weight is 268 g/mol. The van der Waals surface area contributed by atoms with Crippen molar-refractivity contribution in [3.05, 3.63) is 45.6 Å². The lowest BCUT2D eigenvalue weighted by Gasteiger charge is -2.16. The highest BCUT2D eigenvalue weighted by Crippen LogP contribution is 2.27. The van der Waals surface area contributed by atoms with Crippen LogP contribution in [0.4, 0.5) is 0 Å². The minimum atomic E-state index is -0.124. The van der Waals surface area contributed by atoms with E-state index in [0.717, 1.165) is 28.8 Å². The summed E-state index contributed by atoms with van der Waals surface area (Å²) < 4.78 is 6.56. The largest absolute Gasteiger partial charge is 0.496 e. The molecule has 1 unspecified atom stereocenters. The summed E-state index contributed by atoms with van der Waals surface area (Å²) in [5, 5.41) is 0. The lowest BCUT2D eigenvalue weighted by atomic mass is 10.0. The molecule has 2 rings (SSSR count). The molecule has 1 aromatic carbocycles. The number of aryl methyl sites for hydroxylation is 1. The molecule has 1 atom stereocenters. The minimum Gasteiger partial charge on any atom is -0.496 e. The van der Waals surface area contributed by atoms with E-state index in [-0.39, 0.29) is 6.04 Å². The van der Waals surface area contributed by atoms with Crippen molar-refractivity contribution < 1.29 is 4.74 Å². The van der Waals surface area contributed by atoms with Crippen LogP contribution in [0.3, 0.4) is 0 Å². The number of nitrogens with two attached hydrogens (primary N) is 1. The Kier molecular flexibility index (Phi) is 3.12. The number of hydrogen-bond acceptors (Lipinski definition) is 2. The Morgan fingerprint density at radius 2 is 2.27 bits per heavy atom. The van der Waals surface area contributed by atoms with Crippen molar-refractivity contribution in [1.29, 1.82) is 0 Å². The molecule has 2 nitrogen and oxygen atoms in total. The molecule has 0 fully saturated rings. The summed E-state index contributed by atoms with van der Waals surface area (Å²) in [4.78, 5) is 0. The van der Waals surface area contributed by atoms with Crippen LogP contribution < -0.4 is 5.73 Å². The molecule has 1 heterocycles. The Balaban J connectivity index is 2.28. The lowest BCUT2D eigenvalue weighted by Crippen LogP contribution is -2.14. The highest BCUT2D eigenvalue weighted by Gasteiger charge is 2.17. The Labute approximate surface area is 98.2 Å². The second-order valence-corrected chi connectivity index (χ2v) is 4.64. The normalized spacial score (nSPS) is 17.1. The molecule has 0 radical (unpaired) electrons. The second kappa shape index (κ2) is 4.37. The van der Waals surface area contributed by atoms with Gasteiger partial charge in [-0.3, -0.25) is 0 Å². The first-order valence-corrected chi connectivity index (χ1v) is 5.82. The zero-order valence-electron chi connectivity index (χ0n) is 8.66. The zero-order chi connectivity index (χ0) is 10.8. The first kappa shape index (κ1) is 10.7. The van der Waals surface area contributed by atoms with Gasteiger partial charge in [0.25, 0.3) is 0 Å². The van der Waals surface area contributed by atoms with Gasteiger partial charge in [-0.2, -0.15) is 0 Å². The van der Waals surface area contributed by atoms with Gasteiger partial charge in [-0.05, 0) is 36.3 Å². The van der Waals surface area contributed by atoms with Crippen molar-refractivity contribution in [3.8, 4) is 0 Å². The third kappa shape index (κ3) is 2.24. The predicted molar refractivity (Wildman–Crippen MR) is 64.5 cm³/mol. The van der Waals surface area contributed by atoms with E-state index in [2.05, 4.69) is 35.0 Å². The second-order valence-electron chi connectivity index (χ2n) is 3.72. The van der Waals surface area contributed by atoms with Crippen molar-refractivity contribution >= 4 is 15.9 Å². The van der Waals surface area contributed by atoms with Gasteiger partial charge in [-0.1, -0.05) is 22.0 Å². The van der Waals surface area contributed by atoms with Crippen LogP contribution in [0.5, 0.6) is 0 Å². The topological polar surface area (TPSA) is 35.2 Å². The fourth-order valence-corrected chi connectivity index (χ4v) is 2.27. The maximum atomic E-state index is 6.14. The zero-order valence-corrected chi connectivity index (χ0v) is 10.3. The molecule has 80 valence electrons. The number of halogens is 1. The summed E-state index contributed by atoms with van der Waals surface area (Å²) in [5.74, 6) is 0.903. The van der Waals surface area contributed by atoms with Gasteiger partial charge in [0.05, 0.1) is 12.6 Å². The fourth-order valence-electron chi connectivity index (χ4n) is 1.79. The molecule has 0 bridgehead atoms. The number of ether oxygens (including phenoxy) is 1. The Hall–Kier alpha value is -0.800. The smallest absolute Gasteiger partial charge is 0.113 e. The van der Waals surface area contributed by atoms with Crippen LogP contribution >= 0.6 is 15.9 Å². The Bertz CT molecular complexity index is 401. The highest BCUT2D eigenvalue weighted by atomic mass is 79.9. The van der Waals surface area contributed by atoms with E-state index in [9.17, 15) is 0 Å². The highest BCUT2D eigenvalue weighted by molar-refractivity contribution is 9.10. The molecule has 15 heavy (non-hydrogen) atoms. The Morgan fingerprint density at radius 3 is 2.87 bits per heavy atom. The van der Waals surface area contributed by atoms with Crippen molar-refractivity contribution in [2.45, 2.75) is 19.4 Å². The van der Waals surface area contributed by atoms with Gasteiger partial charge in [0.2, 0.25) is 0 Å². The summed E-state index contributed by atoms with van der Waals surface area (Å²) in [6.45, 7) is 2.83. The van der Waals surface area contributed by atoms with Crippen molar-refractivity contribution in [1.82, 2.24) is 0 Å². The van der Waals surface area contributed by atoms with Gasteiger partial charge in [0.1, 0.15) is 5.76 Å². The minimum absolute atomic E-state index is 0.124. The third-order valence-electron chi connectivity index (χ3n) is 2.61. The SMILES string of the molecule is Cc1cc(Br)ccc1C(N)C1=CCCO1. The molecule has 0 aliphatic carbocycles. The molecule has 0 saturated heterocycles. The van der Waals surface area contributed by atoms with Crippen LogP contribution in [0.1, 0.15) is 23.6 Å². The van der Waals surface area contributed by atoms with E-state index in [1.165, 1.54) is 5.56 Å². The molecule has 2 N–H and O–H groups in total. The van der Waals surface area contributed by atoms with E-state index < -0.39 is 0 Å². The first-order chi connectivity index (χ1) is 7.18. The maximum Gasteiger partial charge on any atom is 0.113 e. The van der Waals surface area contributed by atoms with Gasteiger partial charge >= 0.3 is 0 Å². The molecule has 1 aliphatic rings. The van der Waals surface area contributed by atoms with Crippen molar-refractivity contribution in [2.75, 3.05) is 6.61 Å². The summed E-state index contributed by atoms with van der Waals surface area (Å²) in [6.07, 6.45) is 3.05. The molecular formula is C12H14BrNO. The number of benzene rings is 1. The Morgan fingerprint density at radius 1 is 1.47 bits per heavy atom. The van der Waals surface area contributed by atoms with E-state index in [0.29, 0.717) is 0 Å². The van der Waals surface area contributed by atoms with Crippen LogP contribution in [0.2, 0.25) is 0 Å². The van der Waals surface area contributed by atoms with Gasteiger partial charge in [0.15, 0.2) is 0 Å². The number of rotatable bonds is 2. The molecule has 0 aromatic heterocycles. The monoisotopic (exact) mass is 267 g/mol. The maximum absolute atomic E-state index is 6.14. The molecule has 0 saturated carbocycles. The third-order valence-corrected chi connectivity index (χ3v) is 3.10. The van der Waals surface area contributed by atoms with E-state index in [1.54, 1.807) is 0 Å². The van der Waals surface area contributed by atoms with Crippen molar-refractivity contribution in [2.24, 2.45) is 5.73 Å². The van der Waals surface area contributed by atoms with E-state index in [4.69, 9.17) is 10.5 Å². The standard InChI is InChI=1S/C12H14BrNO/c1-8-7-9(13)4-5-10(8)12(14)11-3-2-6-15-11/h3-5,7,12H,2,6,14H2,1H3. The first-order valence-electron chi connectivity index (χ1n) is 5.03. The lowest BCUT2D eigenvalue weighted by molar-refractivity contribution is 0.225.